The monoisotopic (exact) mass is 462 g/mol. The van der Waals surface area contributed by atoms with Crippen molar-refractivity contribution in [2.45, 2.75) is 45.5 Å². The van der Waals surface area contributed by atoms with Gasteiger partial charge in [0.25, 0.3) is 0 Å². The summed E-state index contributed by atoms with van der Waals surface area (Å²) in [5.41, 5.74) is 1.19. The van der Waals surface area contributed by atoms with Gasteiger partial charge in [0, 0.05) is 29.8 Å². The largest absolute Gasteiger partial charge is 0.492 e. The van der Waals surface area contributed by atoms with E-state index in [0.29, 0.717) is 16.6 Å². The predicted molar refractivity (Wildman–Crippen MR) is 130 cm³/mol. The Morgan fingerprint density at radius 3 is 2.50 bits per heavy atom. The summed E-state index contributed by atoms with van der Waals surface area (Å²) < 4.78 is 32.6. The molecular formula is C26H28BFN2O4. The Morgan fingerprint density at radius 2 is 1.79 bits per heavy atom. The molecule has 2 aromatic carbocycles. The molecule has 0 unspecified atom stereocenters. The number of nitrogens with zero attached hydrogens (tertiary/aromatic N) is 1. The molecule has 176 valence electrons. The first-order chi connectivity index (χ1) is 16.1. The highest BCUT2D eigenvalue weighted by Crippen LogP contribution is 2.39. The van der Waals surface area contributed by atoms with Crippen molar-refractivity contribution in [3.63, 3.8) is 0 Å². The van der Waals surface area contributed by atoms with Crippen molar-refractivity contribution >= 4 is 30.2 Å². The van der Waals surface area contributed by atoms with Crippen molar-refractivity contribution in [1.82, 2.24) is 10.3 Å². The van der Waals surface area contributed by atoms with Crippen LogP contribution in [0.15, 0.2) is 66.3 Å². The summed E-state index contributed by atoms with van der Waals surface area (Å²) in [6.45, 7) is 7.97. The van der Waals surface area contributed by atoms with Gasteiger partial charge in [-0.3, -0.25) is 4.98 Å². The molecule has 1 aromatic heterocycles. The average molecular weight is 462 g/mol. The Balaban J connectivity index is 1.56. The molecule has 0 spiro atoms. The lowest BCUT2D eigenvalue weighted by molar-refractivity contribution is 0.00578. The minimum atomic E-state index is -0.761. The molecule has 6 nitrogen and oxygen atoms in total. The van der Waals surface area contributed by atoms with Crippen molar-refractivity contribution in [2.24, 2.45) is 0 Å². The third-order valence-corrected chi connectivity index (χ3v) is 6.27. The number of ether oxygens (including phenoxy) is 1. The zero-order chi connectivity index (χ0) is 24.3. The molecule has 4 rings (SSSR count). The summed E-state index contributed by atoms with van der Waals surface area (Å²) in [6.07, 6.45) is 2.69. The van der Waals surface area contributed by atoms with E-state index in [9.17, 15) is 9.18 Å². The first kappa shape index (κ1) is 23.9. The van der Waals surface area contributed by atoms with Crippen molar-refractivity contribution in [2.75, 3.05) is 6.54 Å². The van der Waals surface area contributed by atoms with E-state index < -0.39 is 30.2 Å². The highest BCUT2D eigenvalue weighted by atomic mass is 19.1. The molecule has 3 aromatic rings. The third-order valence-electron chi connectivity index (χ3n) is 6.27. The number of carbonyl (C=O) groups is 1. The Labute approximate surface area is 199 Å². The lowest BCUT2D eigenvalue weighted by Gasteiger charge is -2.32. The third kappa shape index (κ3) is 5.29. The molecule has 34 heavy (non-hydrogen) atoms. The number of nitrogens with one attached hydrogen (secondary N) is 1. The number of hydrogen-bond donors (Lipinski definition) is 1. The zero-order valence-electron chi connectivity index (χ0n) is 19.8. The number of rotatable bonds is 6. The molecule has 1 aliphatic rings. The van der Waals surface area contributed by atoms with Crippen LogP contribution in [-0.4, -0.2) is 35.9 Å². The summed E-state index contributed by atoms with van der Waals surface area (Å²) in [4.78, 5) is 16.6. The summed E-state index contributed by atoms with van der Waals surface area (Å²) >= 11 is 0. The second-order valence-corrected chi connectivity index (χ2v) is 9.29. The van der Waals surface area contributed by atoms with Crippen molar-refractivity contribution in [3.05, 3.63) is 83.2 Å². The van der Waals surface area contributed by atoms with Crippen LogP contribution in [0.3, 0.4) is 0 Å². The Kier molecular flexibility index (Phi) is 6.73. The highest BCUT2D eigenvalue weighted by Gasteiger charge is 2.52. The lowest BCUT2D eigenvalue weighted by atomic mass is 9.77. The maximum absolute atomic E-state index is 14.9. The Hall–Kier alpha value is -3.23. The molecule has 1 fully saturated rings. The number of fused-ring (bicyclic) bond motifs is 1. The number of alkyl carbamates (subject to hydrolysis) is 1. The van der Waals surface area contributed by atoms with Crippen LogP contribution >= 0.6 is 0 Å². The van der Waals surface area contributed by atoms with Crippen LogP contribution in [0.2, 0.25) is 0 Å². The van der Waals surface area contributed by atoms with Crippen LogP contribution in [0.25, 0.3) is 17.0 Å². The number of halogens is 1. The molecule has 8 heteroatoms. The average Bonchev–Trinajstić information content (AvgIpc) is 3.02. The standard InChI is InChI=1S/C26H28BFN2O4/c1-25(2)26(3,4)34-27(33-25)21(16-30-24(31)32-17-18-9-6-5-7-10-18)14-20-13-19-11-8-12-29-23(19)15-22(20)28/h5-15H,16-17H2,1-4H3,(H,30,31). The Morgan fingerprint density at radius 1 is 1.09 bits per heavy atom. The summed E-state index contributed by atoms with van der Waals surface area (Å²) in [5.74, 6) is -0.424. The maximum Gasteiger partial charge on any atom is 0.492 e. The smallest absolute Gasteiger partial charge is 0.445 e. The first-order valence-electron chi connectivity index (χ1n) is 11.2. The van der Waals surface area contributed by atoms with E-state index in [1.165, 1.54) is 6.07 Å². The minimum absolute atomic E-state index is 0.0645. The molecule has 0 saturated carbocycles. The van der Waals surface area contributed by atoms with Crippen LogP contribution in [0, 0.1) is 5.82 Å². The second-order valence-electron chi connectivity index (χ2n) is 9.29. The van der Waals surface area contributed by atoms with Gasteiger partial charge in [-0.2, -0.15) is 0 Å². The van der Waals surface area contributed by atoms with Gasteiger partial charge in [-0.25, -0.2) is 9.18 Å². The van der Waals surface area contributed by atoms with E-state index in [2.05, 4.69) is 10.3 Å². The highest BCUT2D eigenvalue weighted by molar-refractivity contribution is 6.56. The predicted octanol–water partition coefficient (Wildman–Crippen LogP) is 5.32. The summed E-state index contributed by atoms with van der Waals surface area (Å²) in [6, 6.07) is 16.2. The van der Waals surface area contributed by atoms with E-state index in [0.717, 1.165) is 10.9 Å². The topological polar surface area (TPSA) is 69.7 Å². The van der Waals surface area contributed by atoms with Gasteiger partial charge < -0.3 is 19.4 Å². The first-order valence-corrected chi connectivity index (χ1v) is 11.2. The molecular weight excluding hydrogens is 434 g/mol. The van der Waals surface area contributed by atoms with Crippen LogP contribution in [-0.2, 0) is 20.7 Å². The molecule has 0 radical (unpaired) electrons. The molecule has 0 bridgehead atoms. The summed E-state index contributed by atoms with van der Waals surface area (Å²) in [5, 5.41) is 3.54. The summed E-state index contributed by atoms with van der Waals surface area (Å²) in [7, 11) is -0.761. The number of amides is 1. The Bertz CT molecular complexity index is 1200. The van der Waals surface area contributed by atoms with Crippen molar-refractivity contribution in [3.8, 4) is 0 Å². The lowest BCUT2D eigenvalue weighted by Crippen LogP contribution is -2.41. The van der Waals surface area contributed by atoms with Crippen LogP contribution in [0.5, 0.6) is 0 Å². The molecule has 0 atom stereocenters. The quantitative estimate of drug-likeness (QED) is 0.503. The number of carbonyl (C=O) groups excluding carboxylic acids is 1. The van der Waals surface area contributed by atoms with Gasteiger partial charge in [0.15, 0.2) is 0 Å². The van der Waals surface area contributed by atoms with E-state index in [1.54, 1.807) is 24.4 Å². The van der Waals surface area contributed by atoms with Gasteiger partial charge in [-0.15, -0.1) is 0 Å². The van der Waals surface area contributed by atoms with Gasteiger partial charge in [0.2, 0.25) is 0 Å². The second kappa shape index (κ2) is 9.56. The van der Waals surface area contributed by atoms with Crippen molar-refractivity contribution < 1.29 is 23.2 Å². The van der Waals surface area contributed by atoms with Crippen molar-refractivity contribution in [1.29, 1.82) is 0 Å². The molecule has 2 heterocycles. The van der Waals surface area contributed by atoms with E-state index >= 15 is 0 Å². The minimum Gasteiger partial charge on any atom is -0.445 e. The fraction of sp³-hybridized carbons (Fsp3) is 0.308. The fourth-order valence-corrected chi connectivity index (χ4v) is 3.57. The molecule has 0 aliphatic carbocycles. The van der Waals surface area contributed by atoms with E-state index in [1.807, 2.05) is 64.1 Å². The van der Waals surface area contributed by atoms with Crippen LogP contribution in [0.1, 0.15) is 38.8 Å². The molecule has 1 N–H and O–H groups in total. The number of aromatic nitrogens is 1. The zero-order valence-corrected chi connectivity index (χ0v) is 19.8. The van der Waals surface area contributed by atoms with E-state index in [4.69, 9.17) is 14.0 Å². The maximum atomic E-state index is 14.9. The van der Waals surface area contributed by atoms with Gasteiger partial charge in [0.1, 0.15) is 12.4 Å². The van der Waals surface area contributed by atoms with Gasteiger partial charge in [-0.1, -0.05) is 42.5 Å². The van der Waals surface area contributed by atoms with E-state index in [-0.39, 0.29) is 13.2 Å². The van der Waals surface area contributed by atoms with Gasteiger partial charge in [-0.05, 0) is 50.9 Å². The fourth-order valence-electron chi connectivity index (χ4n) is 3.57. The number of benzene rings is 2. The molecule has 1 aliphatic heterocycles. The number of hydrogen-bond acceptors (Lipinski definition) is 5. The van der Waals surface area contributed by atoms with Crippen LogP contribution < -0.4 is 5.32 Å². The SMILES string of the molecule is CC1(C)OB(C(=Cc2cc3cccnc3cc2F)CNC(=O)OCc2ccccc2)OC1(C)C. The van der Waals surface area contributed by atoms with Gasteiger partial charge >= 0.3 is 13.2 Å². The van der Waals surface area contributed by atoms with Crippen LogP contribution in [0.4, 0.5) is 9.18 Å². The molecule has 1 amide bonds. The van der Waals surface area contributed by atoms with Gasteiger partial charge in [0.05, 0.1) is 16.7 Å². The normalized spacial score (nSPS) is 17.1. The number of pyridine rings is 1. The molecule has 1 saturated heterocycles.